The molecule has 1 aliphatic carbocycles. The summed E-state index contributed by atoms with van der Waals surface area (Å²) in [5.74, 6) is -0.599. The predicted octanol–water partition coefficient (Wildman–Crippen LogP) is 2.63. The highest BCUT2D eigenvalue weighted by molar-refractivity contribution is 5.81. The SMILES string of the molecule is NC(=O)[C@@H](N[C@H]1CCc2c(F)cccc21)c1ccccc1. The van der Waals surface area contributed by atoms with Gasteiger partial charge in [0.15, 0.2) is 0 Å². The molecule has 0 unspecified atom stereocenters. The Labute approximate surface area is 123 Å². The number of amides is 1. The number of hydrogen-bond donors (Lipinski definition) is 2. The molecular formula is C17H17FN2O. The summed E-state index contributed by atoms with van der Waals surface area (Å²) in [6.45, 7) is 0. The van der Waals surface area contributed by atoms with Crippen LogP contribution in [0.5, 0.6) is 0 Å². The number of halogens is 1. The van der Waals surface area contributed by atoms with E-state index in [-0.39, 0.29) is 11.9 Å². The van der Waals surface area contributed by atoms with Crippen molar-refractivity contribution in [2.75, 3.05) is 0 Å². The zero-order valence-electron chi connectivity index (χ0n) is 11.6. The Balaban J connectivity index is 1.87. The third kappa shape index (κ3) is 2.67. The smallest absolute Gasteiger partial charge is 0.239 e. The first-order chi connectivity index (χ1) is 10.2. The van der Waals surface area contributed by atoms with E-state index >= 15 is 0 Å². The molecule has 2 atom stereocenters. The molecule has 0 aliphatic heterocycles. The molecule has 108 valence electrons. The molecule has 2 aromatic rings. The van der Waals surface area contributed by atoms with Gasteiger partial charge in [-0.1, -0.05) is 42.5 Å². The molecular weight excluding hydrogens is 267 g/mol. The maximum Gasteiger partial charge on any atom is 0.239 e. The second kappa shape index (κ2) is 5.66. The van der Waals surface area contributed by atoms with Crippen LogP contribution in [0.15, 0.2) is 48.5 Å². The molecule has 0 saturated carbocycles. The van der Waals surface area contributed by atoms with Gasteiger partial charge in [-0.05, 0) is 35.6 Å². The minimum Gasteiger partial charge on any atom is -0.368 e. The Bertz CT molecular complexity index is 657. The van der Waals surface area contributed by atoms with Crippen molar-refractivity contribution in [2.45, 2.75) is 24.9 Å². The number of fused-ring (bicyclic) bond motifs is 1. The number of nitrogens with one attached hydrogen (secondary N) is 1. The van der Waals surface area contributed by atoms with E-state index in [1.807, 2.05) is 36.4 Å². The number of nitrogens with two attached hydrogens (primary N) is 1. The molecule has 0 saturated heterocycles. The van der Waals surface area contributed by atoms with Crippen LogP contribution >= 0.6 is 0 Å². The number of carbonyl (C=O) groups is 1. The molecule has 0 bridgehead atoms. The van der Waals surface area contributed by atoms with E-state index in [1.54, 1.807) is 6.07 Å². The second-order valence-electron chi connectivity index (χ2n) is 5.31. The Hall–Kier alpha value is -2.20. The molecule has 1 amide bonds. The molecule has 0 heterocycles. The monoisotopic (exact) mass is 284 g/mol. The average molecular weight is 284 g/mol. The summed E-state index contributed by atoms with van der Waals surface area (Å²) in [6, 6.07) is 13.8. The van der Waals surface area contributed by atoms with Crippen molar-refractivity contribution in [3.05, 3.63) is 71.0 Å². The Morgan fingerprint density at radius 3 is 2.67 bits per heavy atom. The Morgan fingerprint density at radius 2 is 1.95 bits per heavy atom. The van der Waals surface area contributed by atoms with E-state index < -0.39 is 11.9 Å². The van der Waals surface area contributed by atoms with Gasteiger partial charge in [0.05, 0.1) is 0 Å². The van der Waals surface area contributed by atoms with Crippen molar-refractivity contribution >= 4 is 5.91 Å². The highest BCUT2D eigenvalue weighted by Gasteiger charge is 2.29. The Kier molecular flexibility index (Phi) is 3.71. The molecule has 2 aromatic carbocycles. The Morgan fingerprint density at radius 1 is 1.19 bits per heavy atom. The number of hydrogen-bond acceptors (Lipinski definition) is 2. The lowest BCUT2D eigenvalue weighted by atomic mass is 10.0. The van der Waals surface area contributed by atoms with Crippen LogP contribution in [0.2, 0.25) is 0 Å². The van der Waals surface area contributed by atoms with E-state index in [4.69, 9.17) is 5.73 Å². The van der Waals surface area contributed by atoms with Gasteiger partial charge in [-0.2, -0.15) is 0 Å². The summed E-state index contributed by atoms with van der Waals surface area (Å²) in [5, 5.41) is 3.27. The summed E-state index contributed by atoms with van der Waals surface area (Å²) in [4.78, 5) is 11.8. The molecule has 3 nitrogen and oxygen atoms in total. The van der Waals surface area contributed by atoms with E-state index in [9.17, 15) is 9.18 Å². The summed E-state index contributed by atoms with van der Waals surface area (Å²) >= 11 is 0. The first-order valence-corrected chi connectivity index (χ1v) is 7.04. The van der Waals surface area contributed by atoms with Crippen LogP contribution in [0, 0.1) is 5.82 Å². The normalized spacial score (nSPS) is 18.2. The molecule has 0 spiro atoms. The number of benzene rings is 2. The van der Waals surface area contributed by atoms with E-state index in [0.29, 0.717) is 6.42 Å². The van der Waals surface area contributed by atoms with Gasteiger partial charge in [-0.3, -0.25) is 10.1 Å². The predicted molar refractivity (Wildman–Crippen MR) is 79.0 cm³/mol. The lowest BCUT2D eigenvalue weighted by Gasteiger charge is -2.21. The minimum absolute atomic E-state index is 0.0478. The fourth-order valence-electron chi connectivity index (χ4n) is 2.97. The molecule has 0 fully saturated rings. The van der Waals surface area contributed by atoms with Gasteiger partial charge in [0.1, 0.15) is 11.9 Å². The minimum atomic E-state index is -0.564. The maximum absolute atomic E-state index is 13.8. The van der Waals surface area contributed by atoms with Crippen LogP contribution in [-0.2, 0) is 11.2 Å². The quantitative estimate of drug-likeness (QED) is 0.907. The molecule has 3 N–H and O–H groups in total. The number of carbonyl (C=O) groups excluding carboxylic acids is 1. The van der Waals surface area contributed by atoms with Gasteiger partial charge in [0.2, 0.25) is 5.91 Å². The number of rotatable bonds is 4. The largest absolute Gasteiger partial charge is 0.368 e. The van der Waals surface area contributed by atoms with E-state index in [2.05, 4.69) is 5.32 Å². The van der Waals surface area contributed by atoms with Gasteiger partial charge in [-0.15, -0.1) is 0 Å². The molecule has 1 aliphatic rings. The summed E-state index contributed by atoms with van der Waals surface area (Å²) in [6.07, 6.45) is 1.45. The highest BCUT2D eigenvalue weighted by atomic mass is 19.1. The fraction of sp³-hybridized carbons (Fsp3) is 0.235. The van der Waals surface area contributed by atoms with Crippen molar-refractivity contribution in [3.63, 3.8) is 0 Å². The third-order valence-electron chi connectivity index (χ3n) is 4.00. The van der Waals surface area contributed by atoms with Gasteiger partial charge >= 0.3 is 0 Å². The average Bonchev–Trinajstić information content (AvgIpc) is 2.90. The first kappa shape index (κ1) is 13.8. The van der Waals surface area contributed by atoms with E-state index in [1.165, 1.54) is 6.07 Å². The first-order valence-electron chi connectivity index (χ1n) is 7.04. The van der Waals surface area contributed by atoms with Crippen molar-refractivity contribution in [1.82, 2.24) is 5.32 Å². The fourth-order valence-corrected chi connectivity index (χ4v) is 2.97. The second-order valence-corrected chi connectivity index (χ2v) is 5.31. The standard InChI is InChI=1S/C17H17FN2O/c18-14-8-4-7-13-12(14)9-10-15(13)20-16(17(19)21)11-5-2-1-3-6-11/h1-8,15-16,20H,9-10H2,(H2,19,21)/t15-,16-/m0/s1. The van der Waals surface area contributed by atoms with Crippen molar-refractivity contribution in [3.8, 4) is 0 Å². The topological polar surface area (TPSA) is 55.1 Å². The van der Waals surface area contributed by atoms with Gasteiger partial charge < -0.3 is 5.73 Å². The summed E-state index contributed by atoms with van der Waals surface area (Å²) < 4.78 is 13.8. The zero-order valence-corrected chi connectivity index (χ0v) is 11.6. The van der Waals surface area contributed by atoms with Crippen LogP contribution < -0.4 is 11.1 Å². The maximum atomic E-state index is 13.8. The van der Waals surface area contributed by atoms with Crippen LogP contribution in [-0.4, -0.2) is 5.91 Å². The van der Waals surface area contributed by atoms with E-state index in [0.717, 1.165) is 23.1 Å². The summed E-state index contributed by atoms with van der Waals surface area (Å²) in [5.41, 5.74) is 8.02. The van der Waals surface area contributed by atoms with Crippen LogP contribution in [0.25, 0.3) is 0 Å². The van der Waals surface area contributed by atoms with Gasteiger partial charge in [0, 0.05) is 6.04 Å². The lowest BCUT2D eigenvalue weighted by molar-refractivity contribution is -0.120. The molecule has 21 heavy (non-hydrogen) atoms. The highest BCUT2D eigenvalue weighted by Crippen LogP contribution is 2.34. The van der Waals surface area contributed by atoms with Gasteiger partial charge in [-0.25, -0.2) is 4.39 Å². The van der Waals surface area contributed by atoms with Crippen molar-refractivity contribution < 1.29 is 9.18 Å². The van der Waals surface area contributed by atoms with Crippen LogP contribution in [0.1, 0.15) is 35.2 Å². The van der Waals surface area contributed by atoms with Gasteiger partial charge in [0.25, 0.3) is 0 Å². The zero-order chi connectivity index (χ0) is 14.8. The van der Waals surface area contributed by atoms with Crippen LogP contribution in [0.4, 0.5) is 4.39 Å². The van der Waals surface area contributed by atoms with Crippen molar-refractivity contribution in [2.24, 2.45) is 5.73 Å². The lowest BCUT2D eigenvalue weighted by Crippen LogP contribution is -2.35. The van der Waals surface area contributed by atoms with Crippen LogP contribution in [0.3, 0.4) is 0 Å². The number of primary amides is 1. The molecule has 3 rings (SSSR count). The molecule has 0 radical (unpaired) electrons. The third-order valence-corrected chi connectivity index (χ3v) is 4.00. The molecule has 0 aromatic heterocycles. The van der Waals surface area contributed by atoms with Crippen molar-refractivity contribution in [1.29, 1.82) is 0 Å². The summed E-state index contributed by atoms with van der Waals surface area (Å²) in [7, 11) is 0. The molecule has 4 heteroatoms.